The first kappa shape index (κ1) is 12.4. The van der Waals surface area contributed by atoms with Crippen LogP contribution in [0.4, 0.5) is 0 Å². The van der Waals surface area contributed by atoms with E-state index < -0.39 is 0 Å². The van der Waals surface area contributed by atoms with Crippen LogP contribution < -0.4 is 5.32 Å². The van der Waals surface area contributed by atoms with Crippen molar-refractivity contribution in [3.63, 3.8) is 0 Å². The molecule has 0 saturated heterocycles. The van der Waals surface area contributed by atoms with Gasteiger partial charge in [0, 0.05) is 15.8 Å². The third kappa shape index (κ3) is 2.53. The van der Waals surface area contributed by atoms with E-state index in [-0.39, 0.29) is 0 Å². The Balaban J connectivity index is 1.77. The molecule has 0 bridgehead atoms. The van der Waals surface area contributed by atoms with Gasteiger partial charge in [0.15, 0.2) is 0 Å². The maximum Gasteiger partial charge on any atom is 0.0766 e. The second-order valence-corrected chi connectivity index (χ2v) is 7.07. The van der Waals surface area contributed by atoms with Gasteiger partial charge in [-0.3, -0.25) is 0 Å². The summed E-state index contributed by atoms with van der Waals surface area (Å²) in [6.45, 7) is 2.35. The highest BCUT2D eigenvalue weighted by molar-refractivity contribution is 7.11. The van der Waals surface area contributed by atoms with Gasteiger partial charge in [0.05, 0.1) is 6.04 Å². The van der Waals surface area contributed by atoms with Gasteiger partial charge in [0.2, 0.25) is 0 Å². The van der Waals surface area contributed by atoms with Crippen LogP contribution in [0, 0.1) is 5.92 Å². The van der Waals surface area contributed by atoms with Crippen LogP contribution in [0.2, 0.25) is 0 Å². The lowest BCUT2D eigenvalue weighted by Crippen LogP contribution is -2.39. The number of thiophene rings is 2. The lowest BCUT2D eigenvalue weighted by molar-refractivity contribution is 0.234. The maximum atomic E-state index is 3.84. The number of hydrogen-bond donors (Lipinski definition) is 1. The van der Waals surface area contributed by atoms with Crippen molar-refractivity contribution in [2.75, 3.05) is 0 Å². The molecule has 0 amide bonds. The SMILES string of the molecule is CC(NC(c1cccs1)c1cccs1)C1CCC1. The van der Waals surface area contributed by atoms with Crippen LogP contribution in [0.15, 0.2) is 35.0 Å². The van der Waals surface area contributed by atoms with Gasteiger partial charge in [-0.1, -0.05) is 18.6 Å². The summed E-state index contributed by atoms with van der Waals surface area (Å²) in [5.74, 6) is 0.882. The molecule has 3 rings (SSSR count). The van der Waals surface area contributed by atoms with E-state index in [2.05, 4.69) is 47.3 Å². The third-order valence-corrected chi connectivity index (χ3v) is 5.82. The van der Waals surface area contributed by atoms with E-state index in [1.54, 1.807) is 0 Å². The molecule has 1 aliphatic rings. The highest BCUT2D eigenvalue weighted by Crippen LogP contribution is 2.34. The fourth-order valence-corrected chi connectivity index (χ4v) is 4.23. The smallest absolute Gasteiger partial charge is 0.0766 e. The summed E-state index contributed by atoms with van der Waals surface area (Å²) in [5.41, 5.74) is 0. The zero-order chi connectivity index (χ0) is 12.4. The lowest BCUT2D eigenvalue weighted by atomic mass is 9.80. The van der Waals surface area contributed by atoms with Crippen molar-refractivity contribution in [3.05, 3.63) is 44.8 Å². The number of hydrogen-bond acceptors (Lipinski definition) is 3. The van der Waals surface area contributed by atoms with Crippen molar-refractivity contribution in [1.82, 2.24) is 5.32 Å². The maximum absolute atomic E-state index is 3.84. The normalized spacial score (nSPS) is 17.9. The van der Waals surface area contributed by atoms with Crippen LogP contribution in [-0.4, -0.2) is 6.04 Å². The molecule has 0 spiro atoms. The molecule has 0 aromatic carbocycles. The monoisotopic (exact) mass is 277 g/mol. The van der Waals surface area contributed by atoms with E-state index in [1.165, 1.54) is 29.0 Å². The van der Waals surface area contributed by atoms with Gasteiger partial charge in [0.1, 0.15) is 0 Å². The fourth-order valence-electron chi connectivity index (χ4n) is 2.55. The van der Waals surface area contributed by atoms with Crippen molar-refractivity contribution < 1.29 is 0 Å². The van der Waals surface area contributed by atoms with Gasteiger partial charge in [-0.2, -0.15) is 0 Å². The summed E-state index contributed by atoms with van der Waals surface area (Å²) < 4.78 is 0. The van der Waals surface area contributed by atoms with Gasteiger partial charge in [0.25, 0.3) is 0 Å². The van der Waals surface area contributed by atoms with E-state index in [4.69, 9.17) is 0 Å². The Morgan fingerprint density at radius 2 is 1.72 bits per heavy atom. The van der Waals surface area contributed by atoms with Crippen molar-refractivity contribution in [2.24, 2.45) is 5.92 Å². The van der Waals surface area contributed by atoms with Crippen molar-refractivity contribution >= 4 is 22.7 Å². The molecule has 0 radical (unpaired) electrons. The Hall–Kier alpha value is -0.640. The van der Waals surface area contributed by atoms with Crippen molar-refractivity contribution in [1.29, 1.82) is 0 Å². The molecular weight excluding hydrogens is 258 g/mol. The summed E-state index contributed by atoms with van der Waals surface area (Å²) in [5, 5.41) is 8.19. The molecule has 1 unspecified atom stereocenters. The predicted molar refractivity (Wildman–Crippen MR) is 80.4 cm³/mol. The van der Waals surface area contributed by atoms with Gasteiger partial charge >= 0.3 is 0 Å². The minimum atomic E-state index is 0.389. The summed E-state index contributed by atoms with van der Waals surface area (Å²) in [7, 11) is 0. The van der Waals surface area contributed by atoms with Crippen LogP contribution in [0.25, 0.3) is 0 Å². The van der Waals surface area contributed by atoms with E-state index in [9.17, 15) is 0 Å². The molecule has 1 aliphatic carbocycles. The van der Waals surface area contributed by atoms with Crippen LogP contribution in [-0.2, 0) is 0 Å². The molecule has 1 fully saturated rings. The molecule has 1 saturated carbocycles. The second-order valence-electron chi connectivity index (χ2n) is 5.11. The quantitative estimate of drug-likeness (QED) is 0.837. The molecule has 2 heterocycles. The summed E-state index contributed by atoms with van der Waals surface area (Å²) in [6, 6.07) is 9.80. The average molecular weight is 277 g/mol. The Kier molecular flexibility index (Phi) is 3.83. The van der Waals surface area contributed by atoms with Crippen LogP contribution in [0.3, 0.4) is 0 Å². The molecule has 2 aromatic rings. The first-order valence-corrected chi connectivity index (χ1v) is 8.43. The molecule has 96 valence electrons. The van der Waals surface area contributed by atoms with Gasteiger partial charge < -0.3 is 5.32 Å². The summed E-state index contributed by atoms with van der Waals surface area (Å²) >= 11 is 3.71. The second kappa shape index (κ2) is 5.55. The van der Waals surface area contributed by atoms with E-state index in [1.807, 2.05) is 22.7 Å². The molecule has 18 heavy (non-hydrogen) atoms. The van der Waals surface area contributed by atoms with E-state index >= 15 is 0 Å². The number of nitrogens with one attached hydrogen (secondary N) is 1. The van der Waals surface area contributed by atoms with Crippen molar-refractivity contribution in [2.45, 2.75) is 38.3 Å². The fraction of sp³-hybridized carbons (Fsp3) is 0.467. The highest BCUT2D eigenvalue weighted by atomic mass is 32.1. The van der Waals surface area contributed by atoms with Gasteiger partial charge in [-0.05, 0) is 48.6 Å². The Labute approximate surface area is 117 Å². The third-order valence-electron chi connectivity index (χ3n) is 3.94. The largest absolute Gasteiger partial charge is 0.302 e. The van der Waals surface area contributed by atoms with Gasteiger partial charge in [-0.15, -0.1) is 22.7 Å². The molecule has 1 atom stereocenters. The van der Waals surface area contributed by atoms with Crippen LogP contribution in [0.5, 0.6) is 0 Å². The molecule has 1 N–H and O–H groups in total. The minimum absolute atomic E-state index is 0.389. The molecule has 1 nitrogen and oxygen atoms in total. The van der Waals surface area contributed by atoms with Gasteiger partial charge in [-0.25, -0.2) is 0 Å². The average Bonchev–Trinajstić information content (AvgIpc) is 2.97. The predicted octanol–water partition coefficient (Wildman–Crippen LogP) is 4.68. The topological polar surface area (TPSA) is 12.0 Å². The Morgan fingerprint density at radius 3 is 2.11 bits per heavy atom. The zero-order valence-electron chi connectivity index (χ0n) is 10.6. The summed E-state index contributed by atoms with van der Waals surface area (Å²) in [6.07, 6.45) is 4.21. The minimum Gasteiger partial charge on any atom is -0.302 e. The van der Waals surface area contributed by atoms with Crippen LogP contribution in [0.1, 0.15) is 42.0 Å². The Morgan fingerprint density at radius 1 is 1.11 bits per heavy atom. The highest BCUT2D eigenvalue weighted by Gasteiger charge is 2.27. The molecule has 3 heteroatoms. The first-order chi connectivity index (χ1) is 8.84. The molecule has 0 aliphatic heterocycles. The molecule has 2 aromatic heterocycles. The van der Waals surface area contributed by atoms with Crippen LogP contribution >= 0.6 is 22.7 Å². The van der Waals surface area contributed by atoms with E-state index in [0.717, 1.165) is 5.92 Å². The van der Waals surface area contributed by atoms with Crippen molar-refractivity contribution in [3.8, 4) is 0 Å². The van der Waals surface area contributed by atoms with E-state index in [0.29, 0.717) is 12.1 Å². The standard InChI is InChI=1S/C15H19NS2/c1-11(12-5-2-6-12)16-15(13-7-3-9-17-13)14-8-4-10-18-14/h3-4,7-12,15-16H,2,5-6H2,1H3. The Bertz CT molecular complexity index is 422. The zero-order valence-corrected chi connectivity index (χ0v) is 12.3. The molecular formula is C15H19NS2. The first-order valence-electron chi connectivity index (χ1n) is 6.67. The summed E-state index contributed by atoms with van der Waals surface area (Å²) in [4.78, 5) is 2.87. The lowest BCUT2D eigenvalue weighted by Gasteiger charge is -2.34. The number of rotatable bonds is 5.